The number of nitrogens with zero attached hydrogens (tertiary/aromatic N) is 6. The molecule has 5 rings (SSSR count). The van der Waals surface area contributed by atoms with Crippen LogP contribution in [0.15, 0.2) is 36.4 Å². The summed E-state index contributed by atoms with van der Waals surface area (Å²) >= 11 is 0. The summed E-state index contributed by atoms with van der Waals surface area (Å²) in [7, 11) is 0. The second-order valence-electron chi connectivity index (χ2n) is 7.40. The van der Waals surface area contributed by atoms with Crippen molar-refractivity contribution in [2.75, 3.05) is 37.7 Å². The Kier molecular flexibility index (Phi) is 4.49. The Labute approximate surface area is 166 Å². The molecule has 2 fully saturated rings. The van der Waals surface area contributed by atoms with E-state index in [0.717, 1.165) is 30.1 Å². The van der Waals surface area contributed by atoms with E-state index in [-0.39, 0.29) is 18.3 Å². The molecule has 1 saturated carbocycles. The first-order valence-corrected chi connectivity index (χ1v) is 9.81. The van der Waals surface area contributed by atoms with Gasteiger partial charge in [-0.25, -0.2) is 4.39 Å². The smallest absolute Gasteiger partial charge is 0.260 e. The predicted molar refractivity (Wildman–Crippen MR) is 103 cm³/mol. The third kappa shape index (κ3) is 3.72. The summed E-state index contributed by atoms with van der Waals surface area (Å²) in [5.74, 6) is 2.36. The van der Waals surface area contributed by atoms with E-state index < -0.39 is 0 Å². The van der Waals surface area contributed by atoms with E-state index in [0.29, 0.717) is 37.8 Å². The van der Waals surface area contributed by atoms with E-state index in [1.54, 1.807) is 4.90 Å². The van der Waals surface area contributed by atoms with E-state index >= 15 is 0 Å². The summed E-state index contributed by atoms with van der Waals surface area (Å²) in [5, 5.41) is 13.2. The first kappa shape index (κ1) is 17.8. The Bertz CT molecular complexity index is 1030. The highest BCUT2D eigenvalue weighted by Crippen LogP contribution is 2.38. The lowest BCUT2D eigenvalue weighted by Gasteiger charge is -2.35. The van der Waals surface area contributed by atoms with Gasteiger partial charge in [-0.1, -0.05) is 0 Å². The van der Waals surface area contributed by atoms with Gasteiger partial charge in [-0.2, -0.15) is 4.52 Å². The Morgan fingerprint density at radius 1 is 1.03 bits per heavy atom. The lowest BCUT2D eigenvalue weighted by molar-refractivity contribution is -0.133. The number of anilines is 1. The van der Waals surface area contributed by atoms with E-state index in [1.807, 2.05) is 16.6 Å². The highest BCUT2D eigenvalue weighted by atomic mass is 19.1. The average molecular weight is 396 g/mol. The minimum absolute atomic E-state index is 0.0543. The van der Waals surface area contributed by atoms with Crippen molar-refractivity contribution < 1.29 is 13.9 Å². The molecule has 150 valence electrons. The largest absolute Gasteiger partial charge is 0.484 e. The van der Waals surface area contributed by atoms with Crippen molar-refractivity contribution in [3.8, 4) is 5.75 Å². The summed E-state index contributed by atoms with van der Waals surface area (Å²) in [6.45, 7) is 2.54. The zero-order chi connectivity index (χ0) is 19.8. The van der Waals surface area contributed by atoms with Gasteiger partial charge in [0, 0.05) is 32.1 Å². The number of piperazine rings is 1. The fourth-order valence-electron chi connectivity index (χ4n) is 3.51. The summed E-state index contributed by atoms with van der Waals surface area (Å²) < 4.78 is 20.3. The lowest BCUT2D eigenvalue weighted by atomic mass is 10.3. The number of halogens is 1. The Morgan fingerprint density at radius 3 is 2.52 bits per heavy atom. The number of rotatable bonds is 5. The van der Waals surface area contributed by atoms with Gasteiger partial charge in [0.2, 0.25) is 0 Å². The minimum atomic E-state index is -0.331. The van der Waals surface area contributed by atoms with Crippen LogP contribution in [0, 0.1) is 5.82 Å². The van der Waals surface area contributed by atoms with Crippen LogP contribution in [0.3, 0.4) is 0 Å². The molecule has 0 atom stereocenters. The molecule has 0 radical (unpaired) electrons. The standard InChI is InChI=1S/C20H21FN6O2/c21-15-3-5-16(6-4-15)29-13-19(28)26-11-9-25(10-12-26)18-8-7-17-22-23-20(14-1-2-14)27(17)24-18/h3-8,14H,1-2,9-13H2. The summed E-state index contributed by atoms with van der Waals surface area (Å²) in [5.41, 5.74) is 0.766. The fraction of sp³-hybridized carbons (Fsp3) is 0.400. The summed E-state index contributed by atoms with van der Waals surface area (Å²) in [4.78, 5) is 16.4. The van der Waals surface area contributed by atoms with E-state index in [1.165, 1.54) is 24.3 Å². The second-order valence-corrected chi connectivity index (χ2v) is 7.40. The molecule has 1 amide bonds. The maximum absolute atomic E-state index is 12.9. The molecule has 0 unspecified atom stereocenters. The molecule has 3 aromatic rings. The predicted octanol–water partition coefficient (Wildman–Crippen LogP) is 1.87. The quantitative estimate of drug-likeness (QED) is 0.655. The molecule has 0 bridgehead atoms. The third-order valence-corrected chi connectivity index (χ3v) is 5.35. The Balaban J connectivity index is 1.19. The van der Waals surface area contributed by atoms with Gasteiger partial charge < -0.3 is 14.5 Å². The van der Waals surface area contributed by atoms with E-state index in [9.17, 15) is 9.18 Å². The van der Waals surface area contributed by atoms with Gasteiger partial charge in [0.25, 0.3) is 5.91 Å². The maximum atomic E-state index is 12.9. The maximum Gasteiger partial charge on any atom is 0.260 e. The number of ether oxygens (including phenoxy) is 1. The molecule has 0 N–H and O–H groups in total. The van der Waals surface area contributed by atoms with Crippen molar-refractivity contribution in [3.63, 3.8) is 0 Å². The molecule has 3 heterocycles. The summed E-state index contributed by atoms with van der Waals surface area (Å²) in [6.07, 6.45) is 2.29. The van der Waals surface area contributed by atoms with Gasteiger partial charge in [-0.15, -0.1) is 15.3 Å². The molecule has 29 heavy (non-hydrogen) atoms. The Morgan fingerprint density at radius 2 is 1.79 bits per heavy atom. The van der Waals surface area contributed by atoms with Crippen molar-refractivity contribution in [1.29, 1.82) is 0 Å². The van der Waals surface area contributed by atoms with Crippen LogP contribution in [0.4, 0.5) is 10.2 Å². The second kappa shape index (κ2) is 7.31. The van der Waals surface area contributed by atoms with Crippen LogP contribution in [0.1, 0.15) is 24.6 Å². The van der Waals surface area contributed by atoms with Gasteiger partial charge in [0.15, 0.2) is 18.1 Å². The molecule has 1 aliphatic heterocycles. The number of carbonyl (C=O) groups is 1. The van der Waals surface area contributed by atoms with Crippen LogP contribution in [0.25, 0.3) is 5.65 Å². The van der Waals surface area contributed by atoms with Crippen molar-refractivity contribution in [2.24, 2.45) is 0 Å². The van der Waals surface area contributed by atoms with Crippen LogP contribution in [0.5, 0.6) is 5.75 Å². The molecule has 1 aliphatic carbocycles. The van der Waals surface area contributed by atoms with Crippen LogP contribution in [-0.4, -0.2) is 63.4 Å². The number of amides is 1. The SMILES string of the molecule is O=C(COc1ccc(F)cc1)N1CCN(c2ccc3nnc(C4CC4)n3n2)CC1. The number of hydrogen-bond acceptors (Lipinski definition) is 6. The van der Waals surface area contributed by atoms with Gasteiger partial charge in [-0.05, 0) is 49.2 Å². The lowest BCUT2D eigenvalue weighted by Crippen LogP contribution is -2.50. The van der Waals surface area contributed by atoms with Crippen molar-refractivity contribution in [2.45, 2.75) is 18.8 Å². The van der Waals surface area contributed by atoms with E-state index in [2.05, 4.69) is 15.1 Å². The van der Waals surface area contributed by atoms with Crippen LogP contribution in [0.2, 0.25) is 0 Å². The molecule has 8 nitrogen and oxygen atoms in total. The van der Waals surface area contributed by atoms with Gasteiger partial charge in [-0.3, -0.25) is 4.79 Å². The minimum Gasteiger partial charge on any atom is -0.484 e. The zero-order valence-corrected chi connectivity index (χ0v) is 15.9. The molecule has 1 saturated heterocycles. The fourth-order valence-corrected chi connectivity index (χ4v) is 3.51. The number of fused-ring (bicyclic) bond motifs is 1. The molecule has 1 aromatic carbocycles. The summed E-state index contributed by atoms with van der Waals surface area (Å²) in [6, 6.07) is 9.55. The highest BCUT2D eigenvalue weighted by molar-refractivity contribution is 5.78. The first-order chi connectivity index (χ1) is 14.2. The number of carbonyl (C=O) groups excluding carboxylic acids is 1. The Hall–Kier alpha value is -3.23. The van der Waals surface area contributed by atoms with Crippen molar-refractivity contribution in [1.82, 2.24) is 24.7 Å². The molecule has 0 spiro atoms. The third-order valence-electron chi connectivity index (χ3n) is 5.35. The molecular weight excluding hydrogens is 375 g/mol. The van der Waals surface area contributed by atoms with Gasteiger partial charge in [0.1, 0.15) is 17.4 Å². The van der Waals surface area contributed by atoms with Crippen LogP contribution >= 0.6 is 0 Å². The van der Waals surface area contributed by atoms with Crippen molar-refractivity contribution >= 4 is 17.4 Å². The van der Waals surface area contributed by atoms with Gasteiger partial charge >= 0.3 is 0 Å². The highest BCUT2D eigenvalue weighted by Gasteiger charge is 2.30. The van der Waals surface area contributed by atoms with Crippen LogP contribution in [-0.2, 0) is 4.79 Å². The molecule has 2 aliphatic rings. The molecular formula is C20H21FN6O2. The molecule has 9 heteroatoms. The monoisotopic (exact) mass is 396 g/mol. The van der Waals surface area contributed by atoms with E-state index in [4.69, 9.17) is 9.84 Å². The number of aromatic nitrogens is 4. The zero-order valence-electron chi connectivity index (χ0n) is 15.9. The number of benzene rings is 1. The topological polar surface area (TPSA) is 75.9 Å². The average Bonchev–Trinajstić information content (AvgIpc) is 3.52. The molecule has 2 aromatic heterocycles. The van der Waals surface area contributed by atoms with Crippen LogP contribution < -0.4 is 9.64 Å². The first-order valence-electron chi connectivity index (χ1n) is 9.81. The van der Waals surface area contributed by atoms with Gasteiger partial charge in [0.05, 0.1) is 0 Å². The normalized spacial score (nSPS) is 17.0. The van der Waals surface area contributed by atoms with Crippen molar-refractivity contribution in [3.05, 3.63) is 48.0 Å². The number of hydrogen-bond donors (Lipinski definition) is 0.